The second-order valence-electron chi connectivity index (χ2n) is 7.99. The van der Waals surface area contributed by atoms with Gasteiger partial charge in [-0.15, -0.1) is 0 Å². The number of imidazole rings is 1. The highest BCUT2D eigenvalue weighted by atomic mass is 16.5. The van der Waals surface area contributed by atoms with Gasteiger partial charge in [-0.3, -0.25) is 9.89 Å². The number of aromatic nitrogens is 4. The summed E-state index contributed by atoms with van der Waals surface area (Å²) in [4.78, 5) is 19.4. The van der Waals surface area contributed by atoms with E-state index in [0.717, 1.165) is 29.6 Å². The number of carbonyl (C=O) groups excluding carboxylic acids is 1. The standard InChI is InChI=1S/C21H27N5O2/c1-4-26(16-9-10-28-21(2,3)12-16)20(27)18-11-15(23-24-18)13-25-14-22-17-7-5-6-8-19(17)25/h5-8,11,14,16H,4,9-10,12-13H2,1-3H3,(H,23,24)/t16-/m0/s1. The summed E-state index contributed by atoms with van der Waals surface area (Å²) >= 11 is 0. The fourth-order valence-electron chi connectivity index (χ4n) is 4.05. The van der Waals surface area contributed by atoms with Crippen LogP contribution in [-0.4, -0.2) is 55.4 Å². The zero-order valence-corrected chi connectivity index (χ0v) is 16.7. The third kappa shape index (κ3) is 3.67. The molecule has 0 radical (unpaired) electrons. The minimum absolute atomic E-state index is 0.0248. The predicted octanol–water partition coefficient (Wildman–Crippen LogP) is 3.23. The molecule has 0 unspecified atom stereocenters. The molecule has 4 rings (SSSR count). The van der Waals surface area contributed by atoms with Crippen molar-refractivity contribution in [1.82, 2.24) is 24.6 Å². The lowest BCUT2D eigenvalue weighted by molar-refractivity contribution is -0.0777. The van der Waals surface area contributed by atoms with Gasteiger partial charge in [-0.2, -0.15) is 5.10 Å². The van der Waals surface area contributed by atoms with Gasteiger partial charge in [-0.25, -0.2) is 4.98 Å². The van der Waals surface area contributed by atoms with Crippen LogP contribution in [0.25, 0.3) is 11.0 Å². The van der Waals surface area contributed by atoms with E-state index in [0.29, 0.717) is 25.4 Å². The number of hydrogen-bond acceptors (Lipinski definition) is 4. The first-order chi connectivity index (χ1) is 13.5. The smallest absolute Gasteiger partial charge is 0.274 e. The highest BCUT2D eigenvalue weighted by Crippen LogP contribution is 2.28. The average Bonchev–Trinajstić information content (AvgIpc) is 3.30. The first-order valence-electron chi connectivity index (χ1n) is 9.86. The van der Waals surface area contributed by atoms with Gasteiger partial charge in [0.25, 0.3) is 5.91 Å². The Labute approximate surface area is 164 Å². The molecule has 1 fully saturated rings. The molecule has 1 atom stereocenters. The number of benzene rings is 1. The van der Waals surface area contributed by atoms with Crippen LogP contribution in [0.15, 0.2) is 36.7 Å². The molecule has 1 N–H and O–H groups in total. The Bertz CT molecular complexity index is 974. The van der Waals surface area contributed by atoms with Crippen LogP contribution in [0.4, 0.5) is 0 Å². The monoisotopic (exact) mass is 381 g/mol. The number of fused-ring (bicyclic) bond motifs is 1. The van der Waals surface area contributed by atoms with Gasteiger partial charge in [-0.1, -0.05) is 12.1 Å². The Hall–Kier alpha value is -2.67. The van der Waals surface area contributed by atoms with E-state index >= 15 is 0 Å². The molecule has 2 aromatic heterocycles. The molecule has 0 spiro atoms. The van der Waals surface area contributed by atoms with Crippen LogP contribution < -0.4 is 0 Å². The number of para-hydroxylation sites is 2. The minimum atomic E-state index is -0.199. The maximum Gasteiger partial charge on any atom is 0.274 e. The predicted molar refractivity (Wildman–Crippen MR) is 107 cm³/mol. The maximum absolute atomic E-state index is 13.1. The van der Waals surface area contributed by atoms with Crippen molar-refractivity contribution in [2.75, 3.05) is 13.2 Å². The number of aromatic amines is 1. The van der Waals surface area contributed by atoms with E-state index in [2.05, 4.69) is 33.6 Å². The molecule has 7 heteroatoms. The van der Waals surface area contributed by atoms with E-state index in [-0.39, 0.29) is 17.6 Å². The average molecular weight is 381 g/mol. The zero-order chi connectivity index (χ0) is 19.7. The number of hydrogen-bond donors (Lipinski definition) is 1. The summed E-state index contributed by atoms with van der Waals surface area (Å²) in [5.41, 5.74) is 3.16. The van der Waals surface area contributed by atoms with Crippen molar-refractivity contribution in [3.8, 4) is 0 Å². The summed E-state index contributed by atoms with van der Waals surface area (Å²) in [6.45, 7) is 8.12. The van der Waals surface area contributed by atoms with E-state index in [1.165, 1.54) is 0 Å². The third-order valence-electron chi connectivity index (χ3n) is 5.43. The van der Waals surface area contributed by atoms with Crippen LogP contribution in [0.5, 0.6) is 0 Å². The number of carbonyl (C=O) groups is 1. The number of rotatable bonds is 5. The lowest BCUT2D eigenvalue weighted by Crippen LogP contribution is -2.48. The van der Waals surface area contributed by atoms with Crippen LogP contribution in [0.2, 0.25) is 0 Å². The van der Waals surface area contributed by atoms with Gasteiger partial charge in [-0.05, 0) is 51.8 Å². The van der Waals surface area contributed by atoms with Crippen LogP contribution in [0, 0.1) is 0 Å². The summed E-state index contributed by atoms with van der Waals surface area (Å²) in [7, 11) is 0. The van der Waals surface area contributed by atoms with Gasteiger partial charge in [0.05, 0.1) is 35.2 Å². The number of ether oxygens (including phenoxy) is 1. The molecule has 1 saturated heterocycles. The number of nitrogens with zero attached hydrogens (tertiary/aromatic N) is 4. The highest BCUT2D eigenvalue weighted by molar-refractivity contribution is 5.92. The maximum atomic E-state index is 13.1. The summed E-state index contributed by atoms with van der Waals surface area (Å²) in [6.07, 6.45) is 3.52. The van der Waals surface area contributed by atoms with Gasteiger partial charge < -0.3 is 14.2 Å². The quantitative estimate of drug-likeness (QED) is 0.736. The molecule has 1 aromatic carbocycles. The molecule has 148 valence electrons. The van der Waals surface area contributed by atoms with E-state index in [1.807, 2.05) is 48.5 Å². The lowest BCUT2D eigenvalue weighted by Gasteiger charge is -2.40. The highest BCUT2D eigenvalue weighted by Gasteiger charge is 2.34. The van der Waals surface area contributed by atoms with E-state index in [9.17, 15) is 4.79 Å². The molecular weight excluding hydrogens is 354 g/mol. The zero-order valence-electron chi connectivity index (χ0n) is 16.7. The molecule has 0 aliphatic carbocycles. The second kappa shape index (κ2) is 7.39. The van der Waals surface area contributed by atoms with Gasteiger partial charge in [0.2, 0.25) is 0 Å². The Morgan fingerprint density at radius 1 is 1.39 bits per heavy atom. The fourth-order valence-corrected chi connectivity index (χ4v) is 4.05. The molecule has 1 aliphatic rings. The first-order valence-corrected chi connectivity index (χ1v) is 9.86. The largest absolute Gasteiger partial charge is 0.375 e. The molecular formula is C21H27N5O2. The second-order valence-corrected chi connectivity index (χ2v) is 7.99. The molecule has 7 nitrogen and oxygen atoms in total. The van der Waals surface area contributed by atoms with E-state index < -0.39 is 0 Å². The summed E-state index contributed by atoms with van der Waals surface area (Å²) < 4.78 is 7.86. The van der Waals surface area contributed by atoms with Gasteiger partial charge in [0, 0.05) is 19.2 Å². The Kier molecular flexibility index (Phi) is 4.93. The molecule has 1 amide bonds. The van der Waals surface area contributed by atoms with Crippen molar-refractivity contribution in [3.05, 3.63) is 48.0 Å². The van der Waals surface area contributed by atoms with Crippen LogP contribution in [0.1, 0.15) is 49.8 Å². The first kappa shape index (κ1) is 18.7. The summed E-state index contributed by atoms with van der Waals surface area (Å²) in [5.74, 6) is -0.0248. The number of H-pyrrole nitrogens is 1. The number of nitrogens with one attached hydrogen (secondary N) is 1. The van der Waals surface area contributed by atoms with Crippen LogP contribution in [0.3, 0.4) is 0 Å². The molecule has 0 bridgehead atoms. The van der Waals surface area contributed by atoms with Gasteiger partial charge in [0.1, 0.15) is 5.69 Å². The van der Waals surface area contributed by atoms with Crippen LogP contribution >= 0.6 is 0 Å². The fraction of sp³-hybridized carbons (Fsp3) is 0.476. The Balaban J connectivity index is 1.50. The molecule has 28 heavy (non-hydrogen) atoms. The molecule has 3 heterocycles. The van der Waals surface area contributed by atoms with Crippen LogP contribution in [-0.2, 0) is 11.3 Å². The lowest BCUT2D eigenvalue weighted by atomic mass is 9.92. The summed E-state index contributed by atoms with van der Waals surface area (Å²) in [5, 5.41) is 7.31. The van der Waals surface area contributed by atoms with E-state index in [1.54, 1.807) is 0 Å². The van der Waals surface area contributed by atoms with Crippen molar-refractivity contribution in [1.29, 1.82) is 0 Å². The normalized spacial score (nSPS) is 19.0. The molecule has 3 aromatic rings. The minimum Gasteiger partial charge on any atom is -0.375 e. The molecule has 1 aliphatic heterocycles. The van der Waals surface area contributed by atoms with E-state index in [4.69, 9.17) is 4.74 Å². The topological polar surface area (TPSA) is 76.0 Å². The summed E-state index contributed by atoms with van der Waals surface area (Å²) in [6, 6.07) is 10.0. The Morgan fingerprint density at radius 2 is 2.21 bits per heavy atom. The van der Waals surface area contributed by atoms with Crippen molar-refractivity contribution < 1.29 is 9.53 Å². The van der Waals surface area contributed by atoms with Crippen molar-refractivity contribution in [3.63, 3.8) is 0 Å². The van der Waals surface area contributed by atoms with Gasteiger partial charge >= 0.3 is 0 Å². The van der Waals surface area contributed by atoms with Crippen molar-refractivity contribution >= 4 is 16.9 Å². The van der Waals surface area contributed by atoms with Crippen molar-refractivity contribution in [2.24, 2.45) is 0 Å². The Morgan fingerprint density at radius 3 is 3.00 bits per heavy atom. The molecule has 0 saturated carbocycles. The SMILES string of the molecule is CCN(C(=O)c1cc(Cn2cnc3ccccc32)[nH]n1)[C@H]1CCOC(C)(C)C1. The van der Waals surface area contributed by atoms with Gasteiger partial charge in [0.15, 0.2) is 0 Å². The third-order valence-corrected chi connectivity index (χ3v) is 5.43. The number of amides is 1. The van der Waals surface area contributed by atoms with Crippen molar-refractivity contribution in [2.45, 2.75) is 51.8 Å².